The molecule has 2 aromatic carbocycles. The lowest BCUT2D eigenvalue weighted by Gasteiger charge is -2.11. The third-order valence-electron chi connectivity index (χ3n) is 5.35. The molecule has 2 N–H and O–H groups in total. The van der Waals surface area contributed by atoms with E-state index in [0.29, 0.717) is 18.2 Å². The van der Waals surface area contributed by atoms with Gasteiger partial charge in [0.25, 0.3) is 0 Å². The van der Waals surface area contributed by atoms with E-state index in [2.05, 4.69) is 39.9 Å². The van der Waals surface area contributed by atoms with Crippen LogP contribution >= 0.6 is 12.2 Å². The van der Waals surface area contributed by atoms with Gasteiger partial charge in [0.1, 0.15) is 5.82 Å². The molecule has 2 aromatic heterocycles. The second-order valence-corrected chi connectivity index (χ2v) is 8.17. The Bertz CT molecular complexity index is 1240. The zero-order chi connectivity index (χ0) is 22.7. The quantitative estimate of drug-likeness (QED) is 0.404. The molecule has 0 atom stereocenters. The molecule has 0 saturated carbocycles. The van der Waals surface area contributed by atoms with Crippen molar-refractivity contribution in [2.75, 3.05) is 10.6 Å². The molecule has 4 aromatic rings. The van der Waals surface area contributed by atoms with Crippen molar-refractivity contribution in [1.82, 2.24) is 19.6 Å². The zero-order valence-electron chi connectivity index (χ0n) is 18.3. The molecule has 8 heteroatoms. The Balaban J connectivity index is 1.40. The van der Waals surface area contributed by atoms with Gasteiger partial charge in [-0.05, 0) is 61.8 Å². The molecule has 4 rings (SSSR count). The lowest BCUT2D eigenvalue weighted by atomic mass is 10.1. The van der Waals surface area contributed by atoms with Crippen LogP contribution in [0, 0.1) is 26.6 Å². The van der Waals surface area contributed by atoms with E-state index in [-0.39, 0.29) is 5.82 Å². The number of thiocarbonyl (C=S) groups is 1. The van der Waals surface area contributed by atoms with E-state index in [0.717, 1.165) is 28.3 Å². The smallest absolute Gasteiger partial charge is 0.175 e. The molecule has 0 aliphatic heterocycles. The Labute approximate surface area is 192 Å². The van der Waals surface area contributed by atoms with Crippen molar-refractivity contribution >= 4 is 28.7 Å². The second kappa shape index (κ2) is 9.32. The Morgan fingerprint density at radius 3 is 2.50 bits per heavy atom. The minimum absolute atomic E-state index is 0.249. The van der Waals surface area contributed by atoms with Crippen LogP contribution in [0.5, 0.6) is 0 Å². The summed E-state index contributed by atoms with van der Waals surface area (Å²) in [5.74, 6) is -0.249. The number of aromatic nitrogens is 4. The predicted octanol–water partition coefficient (Wildman–Crippen LogP) is 5.05. The summed E-state index contributed by atoms with van der Waals surface area (Å²) in [6, 6.07) is 14.7. The minimum Gasteiger partial charge on any atom is -0.330 e. The number of anilines is 2. The molecule has 0 amide bonds. The van der Waals surface area contributed by atoms with Crippen molar-refractivity contribution in [2.45, 2.75) is 33.9 Å². The zero-order valence-corrected chi connectivity index (χ0v) is 19.1. The van der Waals surface area contributed by atoms with Crippen molar-refractivity contribution in [1.29, 1.82) is 0 Å². The summed E-state index contributed by atoms with van der Waals surface area (Å²) in [6.45, 7) is 7.36. The average Bonchev–Trinajstić information content (AvgIpc) is 3.30. The SMILES string of the molecule is Cc1ccccc1Cn1nc(C)c(NC(=S)Nc2cnn(Cc3ccc(F)cc3)c2)c1C. The first-order valence-corrected chi connectivity index (χ1v) is 10.7. The molecule has 0 bridgehead atoms. The van der Waals surface area contributed by atoms with Crippen molar-refractivity contribution in [2.24, 2.45) is 0 Å². The van der Waals surface area contributed by atoms with Gasteiger partial charge in [0, 0.05) is 6.20 Å². The average molecular weight is 449 g/mol. The van der Waals surface area contributed by atoms with Crippen LogP contribution in [-0.2, 0) is 13.1 Å². The Morgan fingerprint density at radius 2 is 1.75 bits per heavy atom. The van der Waals surface area contributed by atoms with Crippen LogP contribution in [0.3, 0.4) is 0 Å². The normalized spacial score (nSPS) is 10.9. The van der Waals surface area contributed by atoms with Crippen LogP contribution < -0.4 is 10.6 Å². The maximum Gasteiger partial charge on any atom is 0.175 e. The fraction of sp³-hybridized carbons (Fsp3) is 0.208. The topological polar surface area (TPSA) is 59.7 Å². The molecule has 0 radical (unpaired) electrons. The number of nitrogens with one attached hydrogen (secondary N) is 2. The van der Waals surface area contributed by atoms with Crippen molar-refractivity contribution < 1.29 is 4.39 Å². The summed E-state index contributed by atoms with van der Waals surface area (Å²) in [5.41, 5.74) is 7.01. The molecular formula is C24H25FN6S. The number of aryl methyl sites for hydroxylation is 2. The maximum absolute atomic E-state index is 13.1. The molecule has 0 spiro atoms. The largest absolute Gasteiger partial charge is 0.330 e. The first-order chi connectivity index (χ1) is 15.4. The maximum atomic E-state index is 13.1. The highest BCUT2D eigenvalue weighted by atomic mass is 32.1. The monoisotopic (exact) mass is 448 g/mol. The molecule has 32 heavy (non-hydrogen) atoms. The summed E-state index contributed by atoms with van der Waals surface area (Å²) in [7, 11) is 0. The lowest BCUT2D eigenvalue weighted by Crippen LogP contribution is -2.19. The highest BCUT2D eigenvalue weighted by molar-refractivity contribution is 7.80. The van der Waals surface area contributed by atoms with E-state index in [9.17, 15) is 4.39 Å². The fourth-order valence-corrected chi connectivity index (χ4v) is 3.77. The van der Waals surface area contributed by atoms with Crippen LogP contribution in [0.25, 0.3) is 0 Å². The summed E-state index contributed by atoms with van der Waals surface area (Å²) in [6.07, 6.45) is 3.57. The van der Waals surface area contributed by atoms with E-state index in [1.165, 1.54) is 23.3 Å². The first-order valence-electron chi connectivity index (χ1n) is 10.3. The molecule has 164 valence electrons. The Morgan fingerprint density at radius 1 is 1.00 bits per heavy atom. The molecular weight excluding hydrogens is 423 g/mol. The van der Waals surface area contributed by atoms with Gasteiger partial charge in [-0.1, -0.05) is 36.4 Å². The fourth-order valence-electron chi connectivity index (χ4n) is 3.55. The predicted molar refractivity (Wildman–Crippen MR) is 130 cm³/mol. The standard InChI is InChI=1S/C24H25FN6S/c1-16-6-4-5-7-20(16)14-31-18(3)23(17(2)29-31)28-24(32)27-22-12-26-30(15-22)13-19-8-10-21(25)11-9-19/h4-12,15H,13-14H2,1-3H3,(H2,27,28,32). The molecule has 6 nitrogen and oxygen atoms in total. The third kappa shape index (κ3) is 5.03. The first kappa shape index (κ1) is 21.7. The van der Waals surface area contributed by atoms with E-state index < -0.39 is 0 Å². The van der Waals surface area contributed by atoms with Crippen LogP contribution in [0.2, 0.25) is 0 Å². The number of rotatable bonds is 6. The Kier molecular flexibility index (Phi) is 6.32. The van der Waals surface area contributed by atoms with Gasteiger partial charge in [0.15, 0.2) is 5.11 Å². The summed E-state index contributed by atoms with van der Waals surface area (Å²) < 4.78 is 16.8. The minimum atomic E-state index is -0.249. The number of nitrogens with zero attached hydrogens (tertiary/aromatic N) is 4. The number of hydrogen-bond donors (Lipinski definition) is 2. The third-order valence-corrected chi connectivity index (χ3v) is 5.55. The van der Waals surface area contributed by atoms with Gasteiger partial charge in [-0.2, -0.15) is 10.2 Å². The molecule has 0 saturated heterocycles. The van der Waals surface area contributed by atoms with E-state index in [1.54, 1.807) is 23.0 Å². The molecule has 0 fully saturated rings. The lowest BCUT2D eigenvalue weighted by molar-refractivity contribution is 0.624. The molecule has 2 heterocycles. The van der Waals surface area contributed by atoms with Crippen LogP contribution in [-0.4, -0.2) is 24.7 Å². The highest BCUT2D eigenvalue weighted by Gasteiger charge is 2.14. The van der Waals surface area contributed by atoms with Crippen molar-refractivity contribution in [3.8, 4) is 0 Å². The van der Waals surface area contributed by atoms with Gasteiger partial charge >= 0.3 is 0 Å². The van der Waals surface area contributed by atoms with Crippen LogP contribution in [0.1, 0.15) is 28.1 Å². The molecule has 0 aliphatic rings. The van der Waals surface area contributed by atoms with Gasteiger partial charge in [-0.3, -0.25) is 9.36 Å². The van der Waals surface area contributed by atoms with Gasteiger partial charge in [0.2, 0.25) is 0 Å². The number of halogens is 1. The van der Waals surface area contributed by atoms with Gasteiger partial charge in [-0.25, -0.2) is 4.39 Å². The van der Waals surface area contributed by atoms with Gasteiger partial charge in [0.05, 0.1) is 42.0 Å². The number of benzene rings is 2. The molecule has 0 unspecified atom stereocenters. The second-order valence-electron chi connectivity index (χ2n) is 7.76. The van der Waals surface area contributed by atoms with Gasteiger partial charge in [-0.15, -0.1) is 0 Å². The van der Waals surface area contributed by atoms with Crippen LogP contribution in [0.4, 0.5) is 15.8 Å². The van der Waals surface area contributed by atoms with E-state index >= 15 is 0 Å². The Hall–Kier alpha value is -3.52. The highest BCUT2D eigenvalue weighted by Crippen LogP contribution is 2.22. The summed E-state index contributed by atoms with van der Waals surface area (Å²) >= 11 is 5.51. The van der Waals surface area contributed by atoms with Crippen molar-refractivity contribution in [3.05, 3.63) is 94.8 Å². The molecule has 0 aliphatic carbocycles. The number of hydrogen-bond acceptors (Lipinski definition) is 3. The summed E-state index contributed by atoms with van der Waals surface area (Å²) in [5, 5.41) is 15.9. The van der Waals surface area contributed by atoms with Crippen LogP contribution in [0.15, 0.2) is 60.9 Å². The van der Waals surface area contributed by atoms with E-state index in [1.807, 2.05) is 36.9 Å². The van der Waals surface area contributed by atoms with Crippen molar-refractivity contribution in [3.63, 3.8) is 0 Å². The van der Waals surface area contributed by atoms with Gasteiger partial charge < -0.3 is 10.6 Å². The summed E-state index contributed by atoms with van der Waals surface area (Å²) in [4.78, 5) is 0. The van der Waals surface area contributed by atoms with E-state index in [4.69, 9.17) is 12.2 Å².